The highest BCUT2D eigenvalue weighted by Crippen LogP contribution is 2.36. The van der Waals surface area contributed by atoms with Crippen LogP contribution in [0.1, 0.15) is 22.6 Å². The largest absolute Gasteiger partial charge is 0.399 e. The van der Waals surface area contributed by atoms with Gasteiger partial charge in [0.25, 0.3) is 0 Å². The van der Waals surface area contributed by atoms with Gasteiger partial charge in [0.15, 0.2) is 0 Å². The van der Waals surface area contributed by atoms with Crippen LogP contribution in [0.25, 0.3) is 32.7 Å². The van der Waals surface area contributed by atoms with E-state index >= 15 is 0 Å². The van der Waals surface area contributed by atoms with Crippen LogP contribution in [0.5, 0.6) is 0 Å². The molecular formula is C33H26N2. The van der Waals surface area contributed by atoms with Crippen molar-refractivity contribution in [3.05, 3.63) is 144 Å². The van der Waals surface area contributed by atoms with E-state index in [9.17, 15) is 0 Å². The molecule has 0 radical (unpaired) electrons. The fourth-order valence-electron chi connectivity index (χ4n) is 5.00. The first-order valence-electron chi connectivity index (χ1n) is 11.9. The second-order valence-electron chi connectivity index (χ2n) is 9.15. The molecule has 0 aliphatic rings. The first-order chi connectivity index (χ1) is 17.1. The fraction of sp³-hybridized carbons (Fsp3) is 0.0303. The monoisotopic (exact) mass is 450 g/mol. The minimum atomic E-state index is 0.101. The third-order valence-corrected chi connectivity index (χ3v) is 6.79. The summed E-state index contributed by atoms with van der Waals surface area (Å²) in [5, 5.41) is 4.69. The molecule has 0 atom stereocenters. The molecule has 0 bridgehead atoms. The average Bonchev–Trinajstić information content (AvgIpc) is 2.90. The Balaban J connectivity index is 1.50. The molecule has 0 saturated heterocycles. The number of nitrogens with two attached hydrogens (primary N) is 2. The first kappa shape index (κ1) is 21.0. The summed E-state index contributed by atoms with van der Waals surface area (Å²) in [5.41, 5.74) is 19.8. The molecule has 4 N–H and O–H groups in total. The zero-order valence-corrected chi connectivity index (χ0v) is 19.4. The van der Waals surface area contributed by atoms with Gasteiger partial charge in [0.05, 0.1) is 0 Å². The fourth-order valence-corrected chi connectivity index (χ4v) is 5.00. The van der Waals surface area contributed by atoms with Crippen LogP contribution in [0.2, 0.25) is 0 Å². The molecule has 0 aliphatic carbocycles. The maximum Gasteiger partial charge on any atom is 0.0340 e. The lowest BCUT2D eigenvalue weighted by Crippen LogP contribution is -2.04. The number of rotatable bonds is 4. The second kappa shape index (κ2) is 8.66. The van der Waals surface area contributed by atoms with Crippen LogP contribution in [0.15, 0.2) is 127 Å². The maximum absolute atomic E-state index is 6.02. The molecule has 0 aliphatic heterocycles. The van der Waals surface area contributed by atoms with E-state index in [2.05, 4.69) is 103 Å². The van der Waals surface area contributed by atoms with Gasteiger partial charge in [-0.1, -0.05) is 103 Å². The Morgan fingerprint density at radius 1 is 0.371 bits per heavy atom. The van der Waals surface area contributed by atoms with E-state index in [0.717, 1.165) is 22.1 Å². The lowest BCUT2D eigenvalue weighted by molar-refractivity contribution is 0.983. The number of anilines is 2. The predicted octanol–water partition coefficient (Wildman–Crippen LogP) is 8.00. The van der Waals surface area contributed by atoms with Crippen molar-refractivity contribution >= 4 is 32.9 Å². The van der Waals surface area contributed by atoms with E-state index < -0.39 is 0 Å². The molecule has 35 heavy (non-hydrogen) atoms. The summed E-state index contributed by atoms with van der Waals surface area (Å²) in [6.07, 6.45) is 0. The van der Waals surface area contributed by atoms with Gasteiger partial charge in [-0.15, -0.1) is 0 Å². The van der Waals surface area contributed by atoms with Gasteiger partial charge in [0, 0.05) is 17.3 Å². The molecule has 168 valence electrons. The zero-order valence-electron chi connectivity index (χ0n) is 19.4. The van der Waals surface area contributed by atoms with Gasteiger partial charge >= 0.3 is 0 Å². The summed E-state index contributed by atoms with van der Waals surface area (Å²) in [5.74, 6) is 0.101. The van der Waals surface area contributed by atoms with Crippen molar-refractivity contribution in [1.29, 1.82) is 0 Å². The van der Waals surface area contributed by atoms with Gasteiger partial charge in [-0.3, -0.25) is 0 Å². The van der Waals surface area contributed by atoms with E-state index in [4.69, 9.17) is 11.5 Å². The lowest BCUT2D eigenvalue weighted by Gasteiger charge is -2.21. The van der Waals surface area contributed by atoms with Crippen molar-refractivity contribution < 1.29 is 0 Å². The summed E-state index contributed by atoms with van der Waals surface area (Å²) in [6.45, 7) is 0. The highest BCUT2D eigenvalue weighted by molar-refractivity contribution is 5.88. The van der Waals surface area contributed by atoms with Crippen LogP contribution >= 0.6 is 0 Å². The quantitative estimate of drug-likeness (QED) is 0.211. The Kier molecular flexibility index (Phi) is 5.20. The van der Waals surface area contributed by atoms with Crippen LogP contribution in [-0.2, 0) is 0 Å². The van der Waals surface area contributed by atoms with E-state index in [1.165, 1.54) is 38.6 Å². The van der Waals surface area contributed by atoms with Crippen molar-refractivity contribution in [1.82, 2.24) is 0 Å². The summed E-state index contributed by atoms with van der Waals surface area (Å²) >= 11 is 0. The summed E-state index contributed by atoms with van der Waals surface area (Å²) in [7, 11) is 0. The van der Waals surface area contributed by atoms with E-state index in [0.29, 0.717) is 0 Å². The predicted molar refractivity (Wildman–Crippen MR) is 150 cm³/mol. The molecule has 0 spiro atoms. The van der Waals surface area contributed by atoms with Crippen LogP contribution < -0.4 is 11.5 Å². The molecule has 6 aromatic carbocycles. The molecule has 0 unspecified atom stereocenters. The van der Waals surface area contributed by atoms with Crippen LogP contribution in [-0.4, -0.2) is 0 Å². The average molecular weight is 451 g/mol. The molecule has 0 amide bonds. The minimum Gasteiger partial charge on any atom is -0.399 e. The molecule has 0 saturated carbocycles. The van der Waals surface area contributed by atoms with Gasteiger partial charge < -0.3 is 11.5 Å². The Labute approximate surface area is 205 Å². The summed E-state index contributed by atoms with van der Waals surface area (Å²) < 4.78 is 0. The molecular weight excluding hydrogens is 424 g/mol. The van der Waals surface area contributed by atoms with Crippen molar-refractivity contribution in [3.63, 3.8) is 0 Å². The van der Waals surface area contributed by atoms with Crippen LogP contribution in [0, 0.1) is 0 Å². The highest BCUT2D eigenvalue weighted by atomic mass is 14.5. The Bertz CT molecular complexity index is 1570. The van der Waals surface area contributed by atoms with Crippen molar-refractivity contribution in [2.24, 2.45) is 0 Å². The third-order valence-electron chi connectivity index (χ3n) is 6.79. The standard InChI is InChI=1S/C33H26N2/c34-31-16-14-25-18-29(12-10-27(25)20-31)33(30-13-11-28-21-32(35)17-15-26(28)19-30)24-8-6-23(7-9-24)22-4-2-1-3-5-22/h1-21,33H,34-35H2. The molecule has 0 fully saturated rings. The van der Waals surface area contributed by atoms with Crippen LogP contribution in [0.3, 0.4) is 0 Å². The van der Waals surface area contributed by atoms with Gasteiger partial charge in [-0.25, -0.2) is 0 Å². The molecule has 0 aromatic heterocycles. The second-order valence-corrected chi connectivity index (χ2v) is 9.15. The minimum absolute atomic E-state index is 0.101. The number of fused-ring (bicyclic) bond motifs is 2. The highest BCUT2D eigenvalue weighted by Gasteiger charge is 2.18. The molecule has 0 heterocycles. The normalized spacial score (nSPS) is 11.3. The third kappa shape index (κ3) is 4.11. The first-order valence-corrected chi connectivity index (χ1v) is 11.9. The number of hydrogen-bond donors (Lipinski definition) is 2. The Hall–Kier alpha value is -4.56. The van der Waals surface area contributed by atoms with Crippen molar-refractivity contribution in [2.45, 2.75) is 5.92 Å². The number of hydrogen-bond acceptors (Lipinski definition) is 2. The van der Waals surface area contributed by atoms with Crippen molar-refractivity contribution in [3.8, 4) is 11.1 Å². The number of benzene rings is 6. The van der Waals surface area contributed by atoms with E-state index in [1.807, 2.05) is 24.3 Å². The molecule has 6 rings (SSSR count). The van der Waals surface area contributed by atoms with Gasteiger partial charge in [-0.05, 0) is 73.6 Å². The van der Waals surface area contributed by atoms with Gasteiger partial charge in [-0.2, -0.15) is 0 Å². The molecule has 6 aromatic rings. The topological polar surface area (TPSA) is 52.0 Å². The summed E-state index contributed by atoms with van der Waals surface area (Å²) in [4.78, 5) is 0. The van der Waals surface area contributed by atoms with E-state index in [-0.39, 0.29) is 5.92 Å². The molecule has 2 nitrogen and oxygen atoms in total. The zero-order chi connectivity index (χ0) is 23.8. The van der Waals surface area contributed by atoms with Gasteiger partial charge in [0.1, 0.15) is 0 Å². The lowest BCUT2D eigenvalue weighted by atomic mass is 9.83. The van der Waals surface area contributed by atoms with Crippen LogP contribution in [0.4, 0.5) is 11.4 Å². The summed E-state index contributed by atoms with van der Waals surface area (Å²) in [6, 6.07) is 45.1. The van der Waals surface area contributed by atoms with Crippen molar-refractivity contribution in [2.75, 3.05) is 11.5 Å². The maximum atomic E-state index is 6.02. The Morgan fingerprint density at radius 2 is 0.800 bits per heavy atom. The van der Waals surface area contributed by atoms with Gasteiger partial charge in [0.2, 0.25) is 0 Å². The van der Waals surface area contributed by atoms with E-state index in [1.54, 1.807) is 0 Å². The Morgan fingerprint density at radius 3 is 1.34 bits per heavy atom. The number of nitrogen functional groups attached to an aromatic ring is 2. The smallest absolute Gasteiger partial charge is 0.0340 e. The molecule has 2 heteroatoms. The SMILES string of the molecule is Nc1ccc2cc(C(c3ccc(-c4ccccc4)cc3)c3ccc4cc(N)ccc4c3)ccc2c1.